The molecule has 1 heterocycles. The van der Waals surface area contributed by atoms with Crippen LogP contribution in [0.15, 0.2) is 12.3 Å². The summed E-state index contributed by atoms with van der Waals surface area (Å²) < 4.78 is 1.85. The molecule has 4 nitrogen and oxygen atoms in total. The molecule has 16 heavy (non-hydrogen) atoms. The summed E-state index contributed by atoms with van der Waals surface area (Å²) in [6.07, 6.45) is 5.98. The molecule has 0 aromatic carbocycles. The van der Waals surface area contributed by atoms with Crippen molar-refractivity contribution in [3.63, 3.8) is 0 Å². The van der Waals surface area contributed by atoms with Gasteiger partial charge in [0.1, 0.15) is 0 Å². The fourth-order valence-corrected chi connectivity index (χ4v) is 2.35. The third-order valence-electron chi connectivity index (χ3n) is 3.76. The second-order valence-corrected chi connectivity index (χ2v) is 5.06. The van der Waals surface area contributed by atoms with Gasteiger partial charge in [-0.3, -0.25) is 4.68 Å². The number of hydrogen-bond acceptors (Lipinski definition) is 3. The maximum Gasteiger partial charge on any atom is 0.0762 e. The molecule has 1 fully saturated rings. The van der Waals surface area contributed by atoms with Crippen LogP contribution in [0.5, 0.6) is 0 Å². The summed E-state index contributed by atoms with van der Waals surface area (Å²) in [6.45, 7) is 1.94. The lowest BCUT2D eigenvalue weighted by molar-refractivity contribution is 0.0597. The van der Waals surface area contributed by atoms with Crippen molar-refractivity contribution in [2.75, 3.05) is 20.6 Å². The van der Waals surface area contributed by atoms with Crippen molar-refractivity contribution in [1.29, 1.82) is 0 Å². The minimum atomic E-state index is 0.398. The van der Waals surface area contributed by atoms with E-state index in [4.69, 9.17) is 0 Å². The predicted octanol–water partition coefficient (Wildman–Crippen LogP) is 0.994. The lowest BCUT2D eigenvalue weighted by atomic mass is 9.75. The Morgan fingerprint density at radius 2 is 2.25 bits per heavy atom. The quantitative estimate of drug-likeness (QED) is 0.806. The van der Waals surface area contributed by atoms with Gasteiger partial charge >= 0.3 is 0 Å². The molecular weight excluding hydrogens is 200 g/mol. The molecular formula is C12H22N4. The molecule has 90 valence electrons. The Balaban J connectivity index is 1.79. The van der Waals surface area contributed by atoms with Crippen molar-refractivity contribution in [3.8, 4) is 0 Å². The molecule has 4 heteroatoms. The summed E-state index contributed by atoms with van der Waals surface area (Å²) >= 11 is 0. The first-order valence-corrected chi connectivity index (χ1v) is 5.99. The lowest BCUT2D eigenvalue weighted by Gasteiger charge is -2.47. The standard InChI is InChI=1S/C12H22N4/c1-15(2)12(6-4-7-12)10-13-9-11-5-8-16(3)14-11/h5,8,13H,4,6-7,9-10H2,1-3H3. The van der Waals surface area contributed by atoms with Gasteiger partial charge in [0.25, 0.3) is 0 Å². The van der Waals surface area contributed by atoms with Gasteiger partial charge in [0.05, 0.1) is 5.69 Å². The van der Waals surface area contributed by atoms with Gasteiger partial charge in [0.2, 0.25) is 0 Å². The summed E-state index contributed by atoms with van der Waals surface area (Å²) in [5, 5.41) is 7.88. The highest BCUT2D eigenvalue weighted by molar-refractivity contribution is 5.01. The van der Waals surface area contributed by atoms with Crippen molar-refractivity contribution in [2.24, 2.45) is 7.05 Å². The molecule has 0 radical (unpaired) electrons. The van der Waals surface area contributed by atoms with Gasteiger partial charge < -0.3 is 10.2 Å². The van der Waals surface area contributed by atoms with E-state index >= 15 is 0 Å². The number of nitrogens with one attached hydrogen (secondary N) is 1. The van der Waals surface area contributed by atoms with Crippen LogP contribution in [0.2, 0.25) is 0 Å². The summed E-state index contributed by atoms with van der Waals surface area (Å²) in [6, 6.07) is 2.07. The van der Waals surface area contributed by atoms with Crippen LogP contribution in [0, 0.1) is 0 Å². The molecule has 1 aliphatic carbocycles. The van der Waals surface area contributed by atoms with Gasteiger partial charge in [0, 0.05) is 31.9 Å². The first-order valence-electron chi connectivity index (χ1n) is 5.99. The molecule has 2 rings (SSSR count). The van der Waals surface area contributed by atoms with Gasteiger partial charge in [-0.25, -0.2) is 0 Å². The molecule has 0 bridgehead atoms. The smallest absolute Gasteiger partial charge is 0.0762 e. The molecule has 0 spiro atoms. The maximum absolute atomic E-state index is 4.36. The molecule has 1 aromatic rings. The van der Waals surface area contributed by atoms with E-state index in [1.54, 1.807) is 0 Å². The molecule has 1 aromatic heterocycles. The van der Waals surface area contributed by atoms with Crippen molar-refractivity contribution >= 4 is 0 Å². The third kappa shape index (κ3) is 2.28. The van der Waals surface area contributed by atoms with E-state index in [1.165, 1.54) is 19.3 Å². The topological polar surface area (TPSA) is 33.1 Å². The fraction of sp³-hybridized carbons (Fsp3) is 0.750. The van der Waals surface area contributed by atoms with Crippen molar-refractivity contribution in [2.45, 2.75) is 31.3 Å². The first kappa shape index (κ1) is 11.6. The number of rotatable bonds is 5. The van der Waals surface area contributed by atoms with Crippen LogP contribution in [-0.2, 0) is 13.6 Å². The van der Waals surface area contributed by atoms with E-state index in [9.17, 15) is 0 Å². The highest BCUT2D eigenvalue weighted by Crippen LogP contribution is 2.35. The number of aryl methyl sites for hydroxylation is 1. The number of aromatic nitrogens is 2. The van der Waals surface area contributed by atoms with Gasteiger partial charge in [-0.05, 0) is 39.4 Å². The molecule has 0 amide bonds. The average molecular weight is 222 g/mol. The first-order chi connectivity index (χ1) is 7.62. The van der Waals surface area contributed by atoms with Gasteiger partial charge in [-0.2, -0.15) is 5.10 Å². The van der Waals surface area contributed by atoms with E-state index in [-0.39, 0.29) is 0 Å². The van der Waals surface area contributed by atoms with Gasteiger partial charge in [0.15, 0.2) is 0 Å². The Hall–Kier alpha value is -0.870. The monoisotopic (exact) mass is 222 g/mol. The molecule has 1 saturated carbocycles. The van der Waals surface area contributed by atoms with Crippen LogP contribution in [-0.4, -0.2) is 40.9 Å². The number of hydrogen-bond donors (Lipinski definition) is 1. The van der Waals surface area contributed by atoms with Crippen LogP contribution >= 0.6 is 0 Å². The molecule has 0 aliphatic heterocycles. The average Bonchev–Trinajstić information content (AvgIpc) is 2.55. The second kappa shape index (κ2) is 4.55. The Kier molecular flexibility index (Phi) is 3.30. The van der Waals surface area contributed by atoms with Gasteiger partial charge in [-0.1, -0.05) is 0 Å². The number of likely N-dealkylation sites (N-methyl/N-ethyl adjacent to an activating group) is 1. The Labute approximate surface area is 97.6 Å². The summed E-state index contributed by atoms with van der Waals surface area (Å²) in [5.41, 5.74) is 1.52. The highest BCUT2D eigenvalue weighted by Gasteiger charge is 2.38. The van der Waals surface area contributed by atoms with Crippen LogP contribution in [0.1, 0.15) is 25.0 Å². The fourth-order valence-electron chi connectivity index (χ4n) is 2.35. The van der Waals surface area contributed by atoms with Crippen LogP contribution in [0.3, 0.4) is 0 Å². The minimum Gasteiger partial charge on any atom is -0.309 e. The minimum absolute atomic E-state index is 0.398. The zero-order chi connectivity index (χ0) is 11.6. The van der Waals surface area contributed by atoms with Crippen LogP contribution < -0.4 is 5.32 Å². The Morgan fingerprint density at radius 3 is 2.69 bits per heavy atom. The van der Waals surface area contributed by atoms with Crippen molar-refractivity contribution in [1.82, 2.24) is 20.0 Å². The zero-order valence-corrected chi connectivity index (χ0v) is 10.5. The molecule has 0 saturated heterocycles. The predicted molar refractivity (Wildman–Crippen MR) is 65.2 cm³/mol. The van der Waals surface area contributed by atoms with Crippen molar-refractivity contribution < 1.29 is 0 Å². The summed E-state index contributed by atoms with van der Waals surface area (Å²) in [5.74, 6) is 0. The molecule has 1 aliphatic rings. The third-order valence-corrected chi connectivity index (χ3v) is 3.76. The zero-order valence-electron chi connectivity index (χ0n) is 10.5. The van der Waals surface area contributed by atoms with E-state index in [0.29, 0.717) is 5.54 Å². The highest BCUT2D eigenvalue weighted by atomic mass is 15.3. The van der Waals surface area contributed by atoms with Crippen LogP contribution in [0.25, 0.3) is 0 Å². The van der Waals surface area contributed by atoms with E-state index in [2.05, 4.69) is 35.5 Å². The van der Waals surface area contributed by atoms with E-state index in [1.807, 2.05) is 17.9 Å². The maximum atomic E-state index is 4.36. The van der Waals surface area contributed by atoms with Gasteiger partial charge in [-0.15, -0.1) is 0 Å². The summed E-state index contributed by atoms with van der Waals surface area (Å²) in [4.78, 5) is 2.36. The SMILES string of the molecule is CN(C)C1(CNCc2ccn(C)n2)CCC1. The largest absolute Gasteiger partial charge is 0.309 e. The van der Waals surface area contributed by atoms with E-state index < -0.39 is 0 Å². The summed E-state index contributed by atoms with van der Waals surface area (Å²) in [7, 11) is 6.32. The molecule has 0 atom stereocenters. The van der Waals surface area contributed by atoms with Crippen LogP contribution in [0.4, 0.5) is 0 Å². The lowest BCUT2D eigenvalue weighted by Crippen LogP contribution is -2.56. The second-order valence-electron chi connectivity index (χ2n) is 5.06. The molecule has 1 N–H and O–H groups in total. The Bertz CT molecular complexity index is 339. The normalized spacial score (nSPS) is 18.8. The number of nitrogens with zero attached hydrogens (tertiary/aromatic N) is 3. The Morgan fingerprint density at radius 1 is 1.50 bits per heavy atom. The van der Waals surface area contributed by atoms with Crippen molar-refractivity contribution in [3.05, 3.63) is 18.0 Å². The van der Waals surface area contributed by atoms with E-state index in [0.717, 1.165) is 18.8 Å². The molecule has 0 unspecified atom stereocenters.